The summed E-state index contributed by atoms with van der Waals surface area (Å²) in [5, 5.41) is 3.43. The third kappa shape index (κ3) is 5.63. The Morgan fingerprint density at radius 2 is 1.83 bits per heavy atom. The highest BCUT2D eigenvalue weighted by atomic mass is 35.5. The number of para-hydroxylation sites is 1. The monoisotopic (exact) mass is 508 g/mol. The van der Waals surface area contributed by atoms with E-state index in [2.05, 4.69) is 31.1 Å². The summed E-state index contributed by atoms with van der Waals surface area (Å²) >= 11 is 7.45. The molecular formula is C27H25ClN2O4S. The van der Waals surface area contributed by atoms with Gasteiger partial charge < -0.3 is 14.8 Å². The van der Waals surface area contributed by atoms with Gasteiger partial charge in [-0.3, -0.25) is 4.79 Å². The maximum atomic E-state index is 13.0. The highest BCUT2D eigenvalue weighted by Gasteiger charge is 2.19. The van der Waals surface area contributed by atoms with Crippen molar-refractivity contribution in [3.05, 3.63) is 76.1 Å². The van der Waals surface area contributed by atoms with Gasteiger partial charge >= 0.3 is 5.97 Å². The number of methoxy groups -OCH3 is 1. The predicted octanol–water partition coefficient (Wildman–Crippen LogP) is 6.72. The lowest BCUT2D eigenvalue weighted by Crippen LogP contribution is -2.22. The highest BCUT2D eigenvalue weighted by Crippen LogP contribution is 2.33. The lowest BCUT2D eigenvalue weighted by molar-refractivity contribution is -0.119. The summed E-state index contributed by atoms with van der Waals surface area (Å²) in [6.07, 6.45) is 0. The summed E-state index contributed by atoms with van der Waals surface area (Å²) in [5.74, 6) is -0.554. The number of esters is 1. The lowest BCUT2D eigenvalue weighted by Gasteiger charge is -2.21. The fraction of sp³-hybridized carbons (Fsp3) is 0.222. The molecule has 0 spiro atoms. The van der Waals surface area contributed by atoms with Gasteiger partial charge in [0.15, 0.2) is 6.61 Å². The molecule has 0 atom stereocenters. The Kier molecular flexibility index (Phi) is 7.10. The summed E-state index contributed by atoms with van der Waals surface area (Å²) < 4.78 is 11.4. The van der Waals surface area contributed by atoms with Crippen LogP contribution in [0.15, 0.2) is 60.7 Å². The third-order valence-corrected chi connectivity index (χ3v) is 6.69. The van der Waals surface area contributed by atoms with E-state index in [1.54, 1.807) is 18.2 Å². The highest BCUT2D eigenvalue weighted by molar-refractivity contribution is 7.19. The number of halogens is 1. The van der Waals surface area contributed by atoms with Crippen molar-refractivity contribution in [2.24, 2.45) is 0 Å². The summed E-state index contributed by atoms with van der Waals surface area (Å²) in [6, 6.07) is 18.2. The van der Waals surface area contributed by atoms with Crippen molar-refractivity contribution in [1.82, 2.24) is 4.98 Å². The molecule has 35 heavy (non-hydrogen) atoms. The second-order valence-electron chi connectivity index (χ2n) is 8.97. The SMILES string of the molecule is COc1ccc(C(C)(C)C)cc1NC(=O)COC(=O)c1cc(-c2ccc(Cl)s2)nc2ccccc12. The Morgan fingerprint density at radius 3 is 2.51 bits per heavy atom. The van der Waals surface area contributed by atoms with E-state index in [-0.39, 0.29) is 5.41 Å². The minimum absolute atomic E-state index is 0.106. The molecule has 4 aromatic rings. The predicted molar refractivity (Wildman–Crippen MR) is 141 cm³/mol. The van der Waals surface area contributed by atoms with Gasteiger partial charge in [-0.2, -0.15) is 0 Å². The first-order valence-corrected chi connectivity index (χ1v) is 12.2. The van der Waals surface area contributed by atoms with Crippen LogP contribution in [0.25, 0.3) is 21.5 Å². The van der Waals surface area contributed by atoms with Crippen LogP contribution in [0, 0.1) is 0 Å². The van der Waals surface area contributed by atoms with Crippen molar-refractivity contribution in [2.45, 2.75) is 26.2 Å². The Hall–Kier alpha value is -3.42. The Labute approximate surface area is 212 Å². The van der Waals surface area contributed by atoms with Gasteiger partial charge in [-0.05, 0) is 47.4 Å². The number of pyridine rings is 1. The molecule has 2 heterocycles. The standard InChI is InChI=1S/C27H25ClN2O4S/c1-27(2,3)16-9-10-22(33-4)20(13-16)30-25(31)15-34-26(32)18-14-21(23-11-12-24(28)35-23)29-19-8-6-5-7-17(18)19/h5-14H,15H2,1-4H3,(H,30,31). The van der Waals surface area contributed by atoms with Gasteiger partial charge in [-0.1, -0.05) is 56.6 Å². The molecule has 0 aliphatic rings. The number of ether oxygens (including phenoxy) is 2. The zero-order valence-corrected chi connectivity index (χ0v) is 21.4. The van der Waals surface area contributed by atoms with E-state index >= 15 is 0 Å². The molecule has 0 saturated heterocycles. The Morgan fingerprint density at radius 1 is 1.06 bits per heavy atom. The molecule has 0 fully saturated rings. The number of nitrogens with zero attached hydrogens (tertiary/aromatic N) is 1. The largest absolute Gasteiger partial charge is 0.495 e. The number of anilines is 1. The molecule has 0 saturated carbocycles. The lowest BCUT2D eigenvalue weighted by atomic mass is 9.87. The Balaban J connectivity index is 1.54. The molecule has 0 radical (unpaired) electrons. The fourth-order valence-electron chi connectivity index (χ4n) is 3.59. The van der Waals surface area contributed by atoms with Crippen molar-refractivity contribution in [1.29, 1.82) is 0 Å². The van der Waals surface area contributed by atoms with Crippen LogP contribution in [-0.2, 0) is 14.9 Å². The first kappa shape index (κ1) is 24.7. The molecule has 4 rings (SSSR count). The topological polar surface area (TPSA) is 77.5 Å². The van der Waals surface area contributed by atoms with E-state index in [9.17, 15) is 9.59 Å². The van der Waals surface area contributed by atoms with Crippen LogP contribution in [0.5, 0.6) is 5.75 Å². The summed E-state index contributed by atoms with van der Waals surface area (Å²) in [4.78, 5) is 31.2. The average Bonchev–Trinajstić information content (AvgIpc) is 3.27. The molecule has 1 N–H and O–H groups in total. The molecule has 180 valence electrons. The molecule has 0 bridgehead atoms. The van der Waals surface area contributed by atoms with Gasteiger partial charge in [0.2, 0.25) is 0 Å². The van der Waals surface area contributed by atoms with E-state index in [1.165, 1.54) is 18.4 Å². The molecule has 2 aromatic heterocycles. The number of aromatic nitrogens is 1. The van der Waals surface area contributed by atoms with Gasteiger partial charge in [0.25, 0.3) is 5.91 Å². The quantitative estimate of drug-likeness (QED) is 0.292. The number of carbonyl (C=O) groups is 2. The molecule has 0 aliphatic heterocycles. The zero-order valence-electron chi connectivity index (χ0n) is 19.8. The van der Waals surface area contributed by atoms with Crippen molar-refractivity contribution in [3.8, 4) is 16.3 Å². The summed E-state index contributed by atoms with van der Waals surface area (Å²) in [5.41, 5.74) is 3.04. The minimum Gasteiger partial charge on any atom is -0.495 e. The van der Waals surface area contributed by atoms with E-state index in [4.69, 9.17) is 21.1 Å². The molecule has 1 amide bonds. The van der Waals surface area contributed by atoms with E-state index in [0.29, 0.717) is 37.9 Å². The molecule has 0 aliphatic carbocycles. The fourth-order valence-corrected chi connectivity index (χ4v) is 4.59. The number of carbonyl (C=O) groups excluding carboxylic acids is 2. The van der Waals surface area contributed by atoms with Gasteiger partial charge in [-0.15, -0.1) is 11.3 Å². The van der Waals surface area contributed by atoms with Gasteiger partial charge in [-0.25, -0.2) is 9.78 Å². The van der Waals surface area contributed by atoms with Crippen LogP contribution in [0.2, 0.25) is 4.34 Å². The second-order valence-corrected chi connectivity index (χ2v) is 10.7. The number of hydrogen-bond acceptors (Lipinski definition) is 6. The van der Waals surface area contributed by atoms with E-state index < -0.39 is 18.5 Å². The minimum atomic E-state index is -0.613. The number of hydrogen-bond donors (Lipinski definition) is 1. The summed E-state index contributed by atoms with van der Waals surface area (Å²) in [7, 11) is 1.54. The van der Waals surface area contributed by atoms with Crippen LogP contribution in [-0.4, -0.2) is 30.6 Å². The number of nitrogens with one attached hydrogen (secondary N) is 1. The number of thiophene rings is 1. The average molecular weight is 509 g/mol. The third-order valence-electron chi connectivity index (χ3n) is 5.44. The zero-order chi connectivity index (χ0) is 25.2. The number of rotatable bonds is 6. The van der Waals surface area contributed by atoms with Gasteiger partial charge in [0.1, 0.15) is 5.75 Å². The van der Waals surface area contributed by atoms with Crippen molar-refractivity contribution in [2.75, 3.05) is 19.0 Å². The number of fused-ring (bicyclic) bond motifs is 1. The van der Waals surface area contributed by atoms with Crippen molar-refractivity contribution >= 4 is 51.4 Å². The van der Waals surface area contributed by atoms with E-state index in [1.807, 2.05) is 42.5 Å². The van der Waals surface area contributed by atoms with Gasteiger partial charge in [0, 0.05) is 5.39 Å². The molecule has 8 heteroatoms. The van der Waals surface area contributed by atoms with Crippen LogP contribution < -0.4 is 10.1 Å². The van der Waals surface area contributed by atoms with Crippen molar-refractivity contribution < 1.29 is 19.1 Å². The van der Waals surface area contributed by atoms with Crippen LogP contribution in [0.1, 0.15) is 36.7 Å². The molecule has 6 nitrogen and oxygen atoms in total. The van der Waals surface area contributed by atoms with E-state index in [0.717, 1.165) is 10.4 Å². The molecular weight excluding hydrogens is 484 g/mol. The first-order valence-electron chi connectivity index (χ1n) is 11.0. The first-order chi connectivity index (χ1) is 16.7. The van der Waals surface area contributed by atoms with Gasteiger partial charge in [0.05, 0.1) is 38.8 Å². The molecule has 2 aromatic carbocycles. The maximum Gasteiger partial charge on any atom is 0.339 e. The smallest absolute Gasteiger partial charge is 0.339 e. The molecule has 0 unspecified atom stereocenters. The maximum absolute atomic E-state index is 13.0. The normalized spacial score (nSPS) is 11.3. The summed E-state index contributed by atoms with van der Waals surface area (Å²) in [6.45, 7) is 5.80. The Bertz CT molecular complexity index is 1410. The van der Waals surface area contributed by atoms with Crippen LogP contribution in [0.3, 0.4) is 0 Å². The number of amides is 1. The van der Waals surface area contributed by atoms with Crippen LogP contribution >= 0.6 is 22.9 Å². The van der Waals surface area contributed by atoms with Crippen molar-refractivity contribution in [3.63, 3.8) is 0 Å². The second kappa shape index (κ2) is 10.1. The number of benzene rings is 2. The van der Waals surface area contributed by atoms with Crippen LogP contribution in [0.4, 0.5) is 5.69 Å².